The van der Waals surface area contributed by atoms with E-state index < -0.39 is 35.0 Å². The van der Waals surface area contributed by atoms with Crippen molar-refractivity contribution < 1.29 is 32.2 Å². The second kappa shape index (κ2) is 10.7. The number of likely N-dealkylation sites (tertiary alicyclic amines) is 2. The van der Waals surface area contributed by atoms with Crippen LogP contribution in [0.5, 0.6) is 0 Å². The number of carbonyl (C=O) groups is 1. The van der Waals surface area contributed by atoms with E-state index in [-0.39, 0.29) is 44.4 Å². The summed E-state index contributed by atoms with van der Waals surface area (Å²) < 4.78 is 62.8. The number of hydrogen-bond donors (Lipinski definition) is 1. The number of nitrogens with zero attached hydrogens (tertiary/aromatic N) is 2. The van der Waals surface area contributed by atoms with Crippen molar-refractivity contribution in [2.45, 2.75) is 62.3 Å². The Bertz CT molecular complexity index is 1050. The van der Waals surface area contributed by atoms with Gasteiger partial charge in [0, 0.05) is 25.6 Å². The maximum absolute atomic E-state index is 15.9. The van der Waals surface area contributed by atoms with Crippen molar-refractivity contribution in [3.8, 4) is 0 Å². The fourth-order valence-corrected chi connectivity index (χ4v) is 6.18. The second-order valence-electron chi connectivity index (χ2n) is 11.4. The highest BCUT2D eigenvalue weighted by molar-refractivity contribution is 5.91. The van der Waals surface area contributed by atoms with Crippen molar-refractivity contribution in [3.63, 3.8) is 0 Å². The Hall–Kier alpha value is -2.23. The molecule has 0 radical (unpaired) electrons. The molecule has 5 rings (SSSR count). The molecule has 2 aliphatic heterocycles. The quantitative estimate of drug-likeness (QED) is 0.394. The minimum absolute atomic E-state index is 0.0105. The van der Waals surface area contributed by atoms with Crippen LogP contribution in [-0.2, 0) is 9.53 Å². The molecule has 3 fully saturated rings. The number of benzene rings is 1. The summed E-state index contributed by atoms with van der Waals surface area (Å²) in [5.41, 5.74) is -2.57. The van der Waals surface area contributed by atoms with Crippen LogP contribution in [0.1, 0.15) is 50.0 Å². The number of alkyl halides is 3. The highest BCUT2D eigenvalue weighted by atomic mass is 19.4. The van der Waals surface area contributed by atoms with Gasteiger partial charge in [-0.25, -0.2) is 4.39 Å². The Morgan fingerprint density at radius 3 is 2.34 bits per heavy atom. The van der Waals surface area contributed by atoms with Crippen LogP contribution in [0.15, 0.2) is 54.4 Å². The summed E-state index contributed by atoms with van der Waals surface area (Å²) in [5, 5.41) is 9.96. The van der Waals surface area contributed by atoms with Crippen molar-refractivity contribution in [3.05, 3.63) is 60.0 Å². The molecular weight excluding hydrogens is 500 g/mol. The number of aliphatic hydroxyl groups is 1. The van der Waals surface area contributed by atoms with Gasteiger partial charge in [0.15, 0.2) is 0 Å². The summed E-state index contributed by atoms with van der Waals surface area (Å²) >= 11 is 0. The van der Waals surface area contributed by atoms with E-state index in [0.717, 1.165) is 5.56 Å². The largest absolute Gasteiger partial charge is 0.395 e. The van der Waals surface area contributed by atoms with Gasteiger partial charge in [0.2, 0.25) is 5.60 Å². The van der Waals surface area contributed by atoms with Gasteiger partial charge in [0.25, 0.3) is 5.91 Å². The van der Waals surface area contributed by atoms with E-state index in [1.54, 1.807) is 6.08 Å². The standard InChI is InChI=1S/C29H36F4N2O3/c30-25-17-23(22-5-2-1-3-6-22)7-13-28(25,26(37)35-16-10-24(36)18-35)38-19-21-8-14-34(15-9-21)20-27(11-4-12-27)29(31,32)33/h1-3,5-7,13,17,21,23-24,36H,4,8-12,14-16,18-20H2. The topological polar surface area (TPSA) is 53.0 Å². The van der Waals surface area contributed by atoms with Gasteiger partial charge in [-0.05, 0) is 68.8 Å². The Morgan fingerprint density at radius 1 is 1.08 bits per heavy atom. The number of ether oxygens (including phenoxy) is 1. The molecule has 5 nitrogen and oxygen atoms in total. The van der Waals surface area contributed by atoms with Crippen LogP contribution in [-0.4, -0.2) is 78.0 Å². The highest BCUT2D eigenvalue weighted by Crippen LogP contribution is 2.53. The van der Waals surface area contributed by atoms with Gasteiger partial charge in [0.1, 0.15) is 5.83 Å². The number of β-amino-alcohol motifs (C(OH)–C–C–N with tert-alkyl or cyclic N) is 1. The number of amides is 1. The number of rotatable bonds is 7. The molecule has 1 saturated carbocycles. The second-order valence-corrected chi connectivity index (χ2v) is 11.4. The first-order valence-corrected chi connectivity index (χ1v) is 13.6. The average Bonchev–Trinajstić information content (AvgIpc) is 3.32. The van der Waals surface area contributed by atoms with Gasteiger partial charge < -0.3 is 19.6 Å². The van der Waals surface area contributed by atoms with Crippen LogP contribution >= 0.6 is 0 Å². The first kappa shape index (κ1) is 27.3. The molecule has 1 amide bonds. The van der Waals surface area contributed by atoms with Crippen molar-refractivity contribution >= 4 is 5.91 Å². The summed E-state index contributed by atoms with van der Waals surface area (Å²) in [4.78, 5) is 16.9. The third kappa shape index (κ3) is 5.29. The third-order valence-electron chi connectivity index (χ3n) is 8.86. The Balaban J connectivity index is 1.25. The highest BCUT2D eigenvalue weighted by Gasteiger charge is 2.58. The molecule has 2 aliphatic carbocycles. The molecule has 1 aromatic rings. The SMILES string of the molecule is O=C(N1CCC(O)C1)C1(OCC2CCN(CC3(C(F)(F)F)CCC3)CC2)C=CC(c2ccccc2)C=C1F. The molecule has 2 saturated heterocycles. The normalized spacial score (nSPS) is 30.2. The molecule has 0 spiro atoms. The van der Waals surface area contributed by atoms with E-state index in [1.807, 2.05) is 35.2 Å². The first-order chi connectivity index (χ1) is 18.1. The molecule has 1 N–H and O–H groups in total. The summed E-state index contributed by atoms with van der Waals surface area (Å²) in [6.45, 7) is 1.66. The lowest BCUT2D eigenvalue weighted by atomic mass is 9.67. The summed E-state index contributed by atoms with van der Waals surface area (Å²) in [7, 11) is 0. The van der Waals surface area contributed by atoms with E-state index in [0.29, 0.717) is 45.3 Å². The van der Waals surface area contributed by atoms with Crippen LogP contribution in [0, 0.1) is 11.3 Å². The lowest BCUT2D eigenvalue weighted by molar-refractivity contribution is -0.256. The number of aliphatic hydroxyl groups excluding tert-OH is 1. The average molecular weight is 537 g/mol. The molecule has 1 aromatic carbocycles. The fraction of sp³-hybridized carbons (Fsp3) is 0.621. The van der Waals surface area contributed by atoms with Crippen molar-refractivity contribution in [2.75, 3.05) is 39.3 Å². The van der Waals surface area contributed by atoms with E-state index in [2.05, 4.69) is 0 Å². The molecule has 0 bridgehead atoms. The van der Waals surface area contributed by atoms with E-state index in [9.17, 15) is 23.1 Å². The molecule has 3 atom stereocenters. The van der Waals surface area contributed by atoms with Gasteiger partial charge >= 0.3 is 6.18 Å². The lowest BCUT2D eigenvalue weighted by Crippen LogP contribution is -2.53. The zero-order valence-corrected chi connectivity index (χ0v) is 21.5. The van der Waals surface area contributed by atoms with E-state index in [4.69, 9.17) is 4.74 Å². The van der Waals surface area contributed by atoms with Crippen LogP contribution in [0.25, 0.3) is 0 Å². The van der Waals surface area contributed by atoms with Crippen LogP contribution in [0.3, 0.4) is 0 Å². The summed E-state index contributed by atoms with van der Waals surface area (Å²) in [6, 6.07) is 9.42. The zero-order chi connectivity index (χ0) is 27.0. The van der Waals surface area contributed by atoms with E-state index in [1.165, 1.54) is 17.1 Å². The number of piperidine rings is 1. The third-order valence-corrected chi connectivity index (χ3v) is 8.86. The minimum atomic E-state index is -4.18. The Morgan fingerprint density at radius 2 is 1.79 bits per heavy atom. The fourth-order valence-electron chi connectivity index (χ4n) is 6.18. The molecule has 2 heterocycles. The predicted molar refractivity (Wildman–Crippen MR) is 135 cm³/mol. The summed E-state index contributed by atoms with van der Waals surface area (Å²) in [5.74, 6) is -1.52. The maximum atomic E-state index is 15.9. The van der Waals surface area contributed by atoms with Crippen LogP contribution in [0.4, 0.5) is 17.6 Å². The van der Waals surface area contributed by atoms with Gasteiger partial charge in [0.05, 0.1) is 18.1 Å². The Kier molecular flexibility index (Phi) is 7.73. The molecule has 9 heteroatoms. The Labute approximate surface area is 221 Å². The van der Waals surface area contributed by atoms with Gasteiger partial charge in [-0.2, -0.15) is 13.2 Å². The van der Waals surface area contributed by atoms with Crippen molar-refractivity contribution in [2.24, 2.45) is 11.3 Å². The van der Waals surface area contributed by atoms with Gasteiger partial charge in [-0.15, -0.1) is 0 Å². The first-order valence-electron chi connectivity index (χ1n) is 13.6. The van der Waals surface area contributed by atoms with Gasteiger partial charge in [-0.1, -0.05) is 42.8 Å². The van der Waals surface area contributed by atoms with Crippen LogP contribution < -0.4 is 0 Å². The lowest BCUT2D eigenvalue weighted by Gasteiger charge is -2.47. The smallest absolute Gasteiger partial charge is 0.391 e. The van der Waals surface area contributed by atoms with Crippen molar-refractivity contribution in [1.82, 2.24) is 9.80 Å². The molecular formula is C29H36F4N2O3. The van der Waals surface area contributed by atoms with Crippen molar-refractivity contribution in [1.29, 1.82) is 0 Å². The number of allylic oxidation sites excluding steroid dienone is 2. The molecule has 38 heavy (non-hydrogen) atoms. The monoisotopic (exact) mass is 536 g/mol. The molecule has 3 unspecified atom stereocenters. The minimum Gasteiger partial charge on any atom is -0.391 e. The number of halogens is 4. The van der Waals surface area contributed by atoms with Gasteiger partial charge in [-0.3, -0.25) is 4.79 Å². The number of hydrogen-bond acceptors (Lipinski definition) is 4. The predicted octanol–water partition coefficient (Wildman–Crippen LogP) is 4.99. The van der Waals surface area contributed by atoms with Crippen LogP contribution in [0.2, 0.25) is 0 Å². The number of carbonyl (C=O) groups excluding carboxylic acids is 1. The molecule has 4 aliphatic rings. The molecule has 0 aromatic heterocycles. The zero-order valence-electron chi connectivity index (χ0n) is 21.5. The summed E-state index contributed by atoms with van der Waals surface area (Å²) in [6.07, 6.45) is 2.55. The van der Waals surface area contributed by atoms with E-state index >= 15 is 4.39 Å². The molecule has 208 valence electrons. The maximum Gasteiger partial charge on any atom is 0.395 e.